The third-order valence-corrected chi connectivity index (χ3v) is 2.81. The molecule has 1 aromatic carbocycles. The molecule has 1 fully saturated rings. The maximum absolute atomic E-state index is 8.79. The van der Waals surface area contributed by atoms with E-state index in [1.54, 1.807) is 0 Å². The van der Waals surface area contributed by atoms with Crippen LogP contribution in [0.1, 0.15) is 24.0 Å². The van der Waals surface area contributed by atoms with Crippen LogP contribution in [0.2, 0.25) is 0 Å². The number of ether oxygens (including phenoxy) is 1. The predicted octanol–water partition coefficient (Wildman–Crippen LogP) is 1.83. The Labute approximate surface area is 96.0 Å². The topological polar surface area (TPSA) is 45.0 Å². The average Bonchev–Trinajstić information content (AvgIpc) is 2.38. The van der Waals surface area contributed by atoms with Gasteiger partial charge < -0.3 is 10.1 Å². The van der Waals surface area contributed by atoms with Gasteiger partial charge >= 0.3 is 0 Å². The van der Waals surface area contributed by atoms with Gasteiger partial charge in [0.15, 0.2) is 0 Å². The van der Waals surface area contributed by atoms with Crippen LogP contribution in [0.25, 0.3) is 0 Å². The third-order valence-electron chi connectivity index (χ3n) is 2.81. The number of nitriles is 1. The molecule has 1 aliphatic heterocycles. The van der Waals surface area contributed by atoms with Crippen LogP contribution in [0, 0.1) is 11.3 Å². The highest BCUT2D eigenvalue weighted by Crippen LogP contribution is 2.08. The standard InChI is InChI=1S/C13H16N2O/c14-8-11-3-1-4-12(7-11)9-15-13-5-2-6-16-10-13/h1,3-4,7,13,15H,2,5-6,9-10H2. The van der Waals surface area contributed by atoms with Gasteiger partial charge in [-0.15, -0.1) is 0 Å². The summed E-state index contributed by atoms with van der Waals surface area (Å²) in [5.41, 5.74) is 1.88. The molecule has 1 N–H and O–H groups in total. The highest BCUT2D eigenvalue weighted by molar-refractivity contribution is 5.32. The first-order chi connectivity index (χ1) is 7.88. The van der Waals surface area contributed by atoms with Crippen LogP contribution >= 0.6 is 0 Å². The summed E-state index contributed by atoms with van der Waals surface area (Å²) >= 11 is 0. The summed E-state index contributed by atoms with van der Waals surface area (Å²) in [6, 6.07) is 10.3. The van der Waals surface area contributed by atoms with Gasteiger partial charge in [-0.2, -0.15) is 5.26 Å². The minimum Gasteiger partial charge on any atom is -0.380 e. The summed E-state index contributed by atoms with van der Waals surface area (Å²) in [5.74, 6) is 0. The van der Waals surface area contributed by atoms with Crippen molar-refractivity contribution in [2.75, 3.05) is 13.2 Å². The first-order valence-electron chi connectivity index (χ1n) is 5.68. The van der Waals surface area contributed by atoms with Crippen LogP contribution in [0.3, 0.4) is 0 Å². The largest absolute Gasteiger partial charge is 0.380 e. The number of nitrogens with one attached hydrogen (secondary N) is 1. The average molecular weight is 216 g/mol. The highest BCUT2D eigenvalue weighted by atomic mass is 16.5. The molecule has 16 heavy (non-hydrogen) atoms. The zero-order valence-corrected chi connectivity index (χ0v) is 9.28. The fraction of sp³-hybridized carbons (Fsp3) is 0.462. The van der Waals surface area contributed by atoms with Gasteiger partial charge in [0.25, 0.3) is 0 Å². The monoisotopic (exact) mass is 216 g/mol. The summed E-state index contributed by atoms with van der Waals surface area (Å²) in [7, 11) is 0. The Bertz CT molecular complexity index is 378. The maximum Gasteiger partial charge on any atom is 0.0991 e. The molecule has 84 valence electrons. The second-order valence-electron chi connectivity index (χ2n) is 4.11. The second kappa shape index (κ2) is 5.64. The minimum absolute atomic E-state index is 0.458. The summed E-state index contributed by atoms with van der Waals surface area (Å²) in [5, 5.41) is 12.2. The Morgan fingerprint density at radius 1 is 1.50 bits per heavy atom. The second-order valence-corrected chi connectivity index (χ2v) is 4.11. The molecule has 0 bridgehead atoms. The van der Waals surface area contributed by atoms with Crippen LogP contribution in [0.4, 0.5) is 0 Å². The molecular weight excluding hydrogens is 200 g/mol. The van der Waals surface area contributed by atoms with Gasteiger partial charge in [0.05, 0.1) is 18.2 Å². The first-order valence-corrected chi connectivity index (χ1v) is 5.68. The molecule has 3 heteroatoms. The van der Waals surface area contributed by atoms with Crippen molar-refractivity contribution in [1.29, 1.82) is 5.26 Å². The number of nitrogens with zero attached hydrogens (tertiary/aromatic N) is 1. The first kappa shape index (κ1) is 11.1. The van der Waals surface area contributed by atoms with Gasteiger partial charge in [-0.25, -0.2) is 0 Å². The molecule has 0 radical (unpaired) electrons. The molecule has 0 spiro atoms. The summed E-state index contributed by atoms with van der Waals surface area (Å²) in [4.78, 5) is 0. The molecule has 1 aliphatic rings. The smallest absolute Gasteiger partial charge is 0.0991 e. The summed E-state index contributed by atoms with van der Waals surface area (Å²) in [6.07, 6.45) is 2.31. The number of hydrogen-bond donors (Lipinski definition) is 1. The number of hydrogen-bond acceptors (Lipinski definition) is 3. The quantitative estimate of drug-likeness (QED) is 0.838. The van der Waals surface area contributed by atoms with E-state index in [4.69, 9.17) is 10.00 Å². The lowest BCUT2D eigenvalue weighted by atomic mass is 10.1. The molecule has 0 saturated carbocycles. The lowest BCUT2D eigenvalue weighted by molar-refractivity contribution is 0.0699. The van der Waals surface area contributed by atoms with Crippen molar-refractivity contribution >= 4 is 0 Å². The Balaban J connectivity index is 1.86. The number of benzene rings is 1. The van der Waals surface area contributed by atoms with Crippen molar-refractivity contribution in [1.82, 2.24) is 5.32 Å². The Morgan fingerprint density at radius 3 is 3.19 bits per heavy atom. The van der Waals surface area contributed by atoms with Gasteiger partial charge in [0.1, 0.15) is 0 Å². The van der Waals surface area contributed by atoms with Gasteiger partial charge in [-0.3, -0.25) is 0 Å². The van der Waals surface area contributed by atoms with Crippen LogP contribution in [0.15, 0.2) is 24.3 Å². The molecule has 0 aromatic heterocycles. The molecule has 0 amide bonds. The zero-order valence-electron chi connectivity index (χ0n) is 9.28. The van der Waals surface area contributed by atoms with Crippen molar-refractivity contribution < 1.29 is 4.74 Å². The lowest BCUT2D eigenvalue weighted by Gasteiger charge is -2.23. The molecule has 1 saturated heterocycles. The highest BCUT2D eigenvalue weighted by Gasteiger charge is 2.12. The summed E-state index contributed by atoms with van der Waals surface area (Å²) < 4.78 is 5.40. The number of rotatable bonds is 3. The van der Waals surface area contributed by atoms with Crippen LogP contribution in [0.5, 0.6) is 0 Å². The molecule has 2 rings (SSSR count). The van der Waals surface area contributed by atoms with Crippen LogP contribution in [-0.2, 0) is 11.3 Å². The van der Waals surface area contributed by atoms with Crippen molar-refractivity contribution in [3.05, 3.63) is 35.4 Å². The Hall–Kier alpha value is -1.37. The van der Waals surface area contributed by atoms with E-state index in [-0.39, 0.29) is 0 Å². The SMILES string of the molecule is N#Cc1cccc(CNC2CCCOC2)c1. The van der Waals surface area contributed by atoms with Crippen molar-refractivity contribution in [3.8, 4) is 6.07 Å². The van der Waals surface area contributed by atoms with E-state index >= 15 is 0 Å². The molecule has 1 aromatic rings. The molecule has 1 unspecified atom stereocenters. The van der Waals surface area contributed by atoms with Crippen molar-refractivity contribution in [2.24, 2.45) is 0 Å². The molecule has 1 atom stereocenters. The van der Waals surface area contributed by atoms with E-state index in [0.717, 1.165) is 37.3 Å². The van der Waals surface area contributed by atoms with Gasteiger partial charge in [0, 0.05) is 19.2 Å². The zero-order chi connectivity index (χ0) is 11.2. The Kier molecular flexibility index (Phi) is 3.92. The van der Waals surface area contributed by atoms with Crippen LogP contribution < -0.4 is 5.32 Å². The fourth-order valence-electron chi connectivity index (χ4n) is 1.91. The minimum atomic E-state index is 0.458. The molecule has 1 heterocycles. The maximum atomic E-state index is 8.79. The van der Waals surface area contributed by atoms with Gasteiger partial charge in [0.2, 0.25) is 0 Å². The van der Waals surface area contributed by atoms with E-state index in [9.17, 15) is 0 Å². The van der Waals surface area contributed by atoms with E-state index in [1.807, 2.05) is 24.3 Å². The third kappa shape index (κ3) is 3.06. The fourth-order valence-corrected chi connectivity index (χ4v) is 1.91. The van der Waals surface area contributed by atoms with E-state index in [2.05, 4.69) is 11.4 Å². The lowest BCUT2D eigenvalue weighted by Crippen LogP contribution is -2.36. The molecule has 0 aliphatic carbocycles. The Morgan fingerprint density at radius 2 is 2.44 bits per heavy atom. The molecule has 3 nitrogen and oxygen atoms in total. The van der Waals surface area contributed by atoms with Crippen LogP contribution in [-0.4, -0.2) is 19.3 Å². The van der Waals surface area contributed by atoms with E-state index < -0.39 is 0 Å². The van der Waals surface area contributed by atoms with E-state index in [0.29, 0.717) is 6.04 Å². The summed E-state index contributed by atoms with van der Waals surface area (Å²) in [6.45, 7) is 2.50. The predicted molar refractivity (Wildman–Crippen MR) is 61.8 cm³/mol. The normalized spacial score (nSPS) is 20.3. The van der Waals surface area contributed by atoms with Gasteiger partial charge in [-0.05, 0) is 30.5 Å². The van der Waals surface area contributed by atoms with Crippen molar-refractivity contribution in [3.63, 3.8) is 0 Å². The van der Waals surface area contributed by atoms with Crippen molar-refractivity contribution in [2.45, 2.75) is 25.4 Å². The van der Waals surface area contributed by atoms with E-state index in [1.165, 1.54) is 6.42 Å². The molecular formula is C13H16N2O. The van der Waals surface area contributed by atoms with Gasteiger partial charge in [-0.1, -0.05) is 12.1 Å².